The Hall–Kier alpha value is -0.570. The number of likely N-dealkylation sites (tertiary alicyclic amines) is 1. The van der Waals surface area contributed by atoms with Crippen LogP contribution in [0, 0.1) is 0 Å². The molecule has 1 aromatic rings. The van der Waals surface area contributed by atoms with Crippen LogP contribution >= 0.6 is 11.6 Å². The number of hydrogen-bond acceptors (Lipinski definition) is 2. The van der Waals surface area contributed by atoms with Gasteiger partial charge in [0.1, 0.15) is 0 Å². The molecule has 2 rings (SSSR count). The Morgan fingerprint density at radius 3 is 2.76 bits per heavy atom. The first-order chi connectivity index (χ1) is 8.20. The largest absolute Gasteiger partial charge is 0.318 e. The van der Waals surface area contributed by atoms with Crippen molar-refractivity contribution >= 4 is 11.6 Å². The molecule has 1 aromatic carbocycles. The Bertz CT molecular complexity index is 376. The van der Waals surface area contributed by atoms with E-state index in [2.05, 4.69) is 29.4 Å². The Kier molecular flexibility index (Phi) is 4.08. The Balaban J connectivity index is 2.43. The van der Waals surface area contributed by atoms with E-state index in [4.69, 9.17) is 11.6 Å². The van der Waals surface area contributed by atoms with Gasteiger partial charge < -0.3 is 5.32 Å². The fourth-order valence-electron chi connectivity index (χ4n) is 2.96. The first kappa shape index (κ1) is 12.9. The van der Waals surface area contributed by atoms with E-state index in [0.717, 1.165) is 18.1 Å². The molecule has 1 N–H and O–H groups in total. The molecule has 2 nitrogen and oxygen atoms in total. The van der Waals surface area contributed by atoms with Crippen LogP contribution in [0.1, 0.15) is 24.8 Å². The minimum Gasteiger partial charge on any atom is -0.318 e. The van der Waals surface area contributed by atoms with E-state index in [1.54, 1.807) is 0 Å². The zero-order valence-electron chi connectivity index (χ0n) is 10.7. The number of rotatable bonds is 3. The monoisotopic (exact) mass is 252 g/mol. The molecule has 1 heterocycles. The fraction of sp³-hybridized carbons (Fsp3) is 0.571. The quantitative estimate of drug-likeness (QED) is 0.890. The molecule has 0 amide bonds. The highest BCUT2D eigenvalue weighted by Crippen LogP contribution is 2.39. The van der Waals surface area contributed by atoms with Gasteiger partial charge in [0.05, 0.1) is 5.54 Å². The number of hydrogen-bond donors (Lipinski definition) is 1. The minimum absolute atomic E-state index is 0.0609. The van der Waals surface area contributed by atoms with Crippen molar-refractivity contribution in [2.24, 2.45) is 0 Å². The van der Waals surface area contributed by atoms with Gasteiger partial charge in [-0.1, -0.05) is 29.8 Å². The number of halogens is 1. The number of piperidine rings is 1. The van der Waals surface area contributed by atoms with Crippen molar-refractivity contribution in [2.45, 2.75) is 24.8 Å². The Morgan fingerprint density at radius 2 is 2.12 bits per heavy atom. The number of nitrogens with one attached hydrogen (secondary N) is 1. The smallest absolute Gasteiger partial charge is 0.0598 e. The molecule has 0 bridgehead atoms. The molecule has 1 atom stereocenters. The minimum atomic E-state index is 0.0609. The van der Waals surface area contributed by atoms with Crippen LogP contribution in [0.15, 0.2) is 24.3 Å². The van der Waals surface area contributed by atoms with Gasteiger partial charge in [-0.3, -0.25) is 4.90 Å². The zero-order chi connectivity index (χ0) is 12.3. The van der Waals surface area contributed by atoms with Crippen molar-refractivity contribution in [1.82, 2.24) is 10.2 Å². The zero-order valence-corrected chi connectivity index (χ0v) is 11.4. The summed E-state index contributed by atoms with van der Waals surface area (Å²) >= 11 is 6.39. The van der Waals surface area contributed by atoms with Gasteiger partial charge in [-0.05, 0) is 51.5 Å². The van der Waals surface area contributed by atoms with E-state index in [1.165, 1.54) is 24.8 Å². The molecule has 17 heavy (non-hydrogen) atoms. The number of benzene rings is 1. The highest BCUT2D eigenvalue weighted by Gasteiger charge is 2.38. The van der Waals surface area contributed by atoms with Crippen molar-refractivity contribution < 1.29 is 0 Å². The highest BCUT2D eigenvalue weighted by atomic mass is 35.5. The molecule has 0 saturated carbocycles. The molecular formula is C14H21ClN2. The molecule has 0 aliphatic carbocycles. The van der Waals surface area contributed by atoms with Crippen molar-refractivity contribution in [3.05, 3.63) is 34.9 Å². The maximum Gasteiger partial charge on any atom is 0.0598 e. The van der Waals surface area contributed by atoms with Crippen LogP contribution in [-0.4, -0.2) is 32.1 Å². The lowest BCUT2D eigenvalue weighted by Gasteiger charge is -2.46. The topological polar surface area (TPSA) is 15.3 Å². The highest BCUT2D eigenvalue weighted by molar-refractivity contribution is 6.31. The van der Waals surface area contributed by atoms with Crippen LogP contribution in [-0.2, 0) is 5.54 Å². The van der Waals surface area contributed by atoms with Crippen LogP contribution in [0.5, 0.6) is 0 Å². The van der Waals surface area contributed by atoms with Crippen LogP contribution in [0.2, 0.25) is 5.02 Å². The third-order valence-corrected chi connectivity index (χ3v) is 4.24. The lowest BCUT2D eigenvalue weighted by molar-refractivity contribution is 0.0717. The van der Waals surface area contributed by atoms with Crippen LogP contribution in [0.25, 0.3) is 0 Å². The van der Waals surface area contributed by atoms with Gasteiger partial charge in [-0.25, -0.2) is 0 Å². The molecule has 0 spiro atoms. The molecule has 94 valence electrons. The second kappa shape index (κ2) is 5.38. The Morgan fingerprint density at radius 1 is 1.35 bits per heavy atom. The molecule has 1 fully saturated rings. The van der Waals surface area contributed by atoms with Crippen LogP contribution in [0.3, 0.4) is 0 Å². The first-order valence-electron chi connectivity index (χ1n) is 6.31. The number of likely N-dealkylation sites (N-methyl/N-ethyl adjacent to an activating group) is 2. The average Bonchev–Trinajstić information content (AvgIpc) is 2.33. The van der Waals surface area contributed by atoms with E-state index in [1.807, 2.05) is 19.2 Å². The summed E-state index contributed by atoms with van der Waals surface area (Å²) < 4.78 is 0. The summed E-state index contributed by atoms with van der Waals surface area (Å²) in [4.78, 5) is 2.45. The summed E-state index contributed by atoms with van der Waals surface area (Å²) in [7, 11) is 4.22. The summed E-state index contributed by atoms with van der Waals surface area (Å²) in [6.45, 7) is 2.10. The normalized spacial score (nSPS) is 26.1. The van der Waals surface area contributed by atoms with Gasteiger partial charge >= 0.3 is 0 Å². The lowest BCUT2D eigenvalue weighted by atomic mass is 9.80. The second-order valence-corrected chi connectivity index (χ2v) is 5.33. The molecule has 1 aliphatic heterocycles. The predicted molar refractivity (Wildman–Crippen MR) is 73.5 cm³/mol. The maximum atomic E-state index is 6.39. The molecule has 1 aliphatic rings. The molecule has 0 radical (unpaired) electrons. The molecule has 0 aromatic heterocycles. The summed E-state index contributed by atoms with van der Waals surface area (Å²) in [5.74, 6) is 0. The summed E-state index contributed by atoms with van der Waals surface area (Å²) in [6.07, 6.45) is 3.73. The summed E-state index contributed by atoms with van der Waals surface area (Å²) in [6, 6.07) is 8.25. The maximum absolute atomic E-state index is 6.39. The van der Waals surface area contributed by atoms with Gasteiger partial charge in [0.25, 0.3) is 0 Å². The van der Waals surface area contributed by atoms with Crippen molar-refractivity contribution in [3.8, 4) is 0 Å². The second-order valence-electron chi connectivity index (χ2n) is 4.92. The van der Waals surface area contributed by atoms with Crippen molar-refractivity contribution in [2.75, 3.05) is 27.2 Å². The third-order valence-electron chi connectivity index (χ3n) is 3.91. The predicted octanol–water partition coefficient (Wildman–Crippen LogP) is 2.87. The van der Waals surface area contributed by atoms with Gasteiger partial charge in [0.15, 0.2) is 0 Å². The van der Waals surface area contributed by atoms with E-state index in [9.17, 15) is 0 Å². The van der Waals surface area contributed by atoms with E-state index < -0.39 is 0 Å². The lowest BCUT2D eigenvalue weighted by Crippen LogP contribution is -2.52. The molecule has 1 unspecified atom stereocenters. The fourth-order valence-corrected chi connectivity index (χ4v) is 3.27. The standard InChI is InChI=1S/C14H21ClN2/c1-16-11-14(9-5-6-10-17(14)2)12-7-3-4-8-13(12)15/h3-4,7-8,16H,5-6,9-11H2,1-2H3. The third kappa shape index (κ3) is 2.35. The number of nitrogens with zero attached hydrogens (tertiary/aromatic N) is 1. The summed E-state index contributed by atoms with van der Waals surface area (Å²) in [5.41, 5.74) is 1.32. The Labute approximate surface area is 109 Å². The van der Waals surface area contributed by atoms with Gasteiger partial charge in [0, 0.05) is 11.6 Å². The van der Waals surface area contributed by atoms with Gasteiger partial charge in [-0.2, -0.15) is 0 Å². The van der Waals surface area contributed by atoms with Crippen LogP contribution < -0.4 is 5.32 Å². The van der Waals surface area contributed by atoms with E-state index in [0.29, 0.717) is 0 Å². The van der Waals surface area contributed by atoms with E-state index >= 15 is 0 Å². The van der Waals surface area contributed by atoms with Gasteiger partial charge in [-0.15, -0.1) is 0 Å². The SMILES string of the molecule is CNCC1(c2ccccc2Cl)CCCCN1C. The molecule has 1 saturated heterocycles. The average molecular weight is 253 g/mol. The summed E-state index contributed by atoms with van der Waals surface area (Å²) in [5, 5.41) is 4.22. The first-order valence-corrected chi connectivity index (χ1v) is 6.69. The van der Waals surface area contributed by atoms with Crippen molar-refractivity contribution in [1.29, 1.82) is 0 Å². The molecule has 3 heteroatoms. The van der Waals surface area contributed by atoms with Crippen molar-refractivity contribution in [3.63, 3.8) is 0 Å². The van der Waals surface area contributed by atoms with Crippen LogP contribution in [0.4, 0.5) is 0 Å². The van der Waals surface area contributed by atoms with Gasteiger partial charge in [0.2, 0.25) is 0 Å². The van der Waals surface area contributed by atoms with E-state index in [-0.39, 0.29) is 5.54 Å². The molecular weight excluding hydrogens is 232 g/mol.